The zero-order valence-electron chi connectivity index (χ0n) is 12.8. The lowest BCUT2D eigenvalue weighted by Crippen LogP contribution is -2.63. The van der Waals surface area contributed by atoms with E-state index in [1.54, 1.807) is 40.9 Å². The topological polar surface area (TPSA) is 70.0 Å². The number of alkyl halides is 1. The van der Waals surface area contributed by atoms with Crippen LogP contribution in [0.2, 0.25) is 0 Å². The molecule has 0 saturated carbocycles. The van der Waals surface area contributed by atoms with Crippen LogP contribution in [0, 0.1) is 5.92 Å². The Bertz CT molecular complexity index is 692. The molecule has 23 heavy (non-hydrogen) atoms. The van der Waals surface area contributed by atoms with Crippen molar-refractivity contribution in [3.8, 4) is 0 Å². The van der Waals surface area contributed by atoms with E-state index in [0.29, 0.717) is 11.1 Å². The first-order valence-corrected chi connectivity index (χ1v) is 8.70. The third-order valence-corrected chi connectivity index (χ3v) is 6.35. The number of oxime groups is 1. The third kappa shape index (κ3) is 2.44. The lowest BCUT2D eigenvalue weighted by atomic mass is 9.87. The summed E-state index contributed by atoms with van der Waals surface area (Å²) in [5.74, 6) is -0.137. The van der Waals surface area contributed by atoms with Gasteiger partial charge >= 0.3 is 0 Å². The number of benzene rings is 1. The monoisotopic (exact) mass is 352 g/mol. The first-order valence-electron chi connectivity index (χ1n) is 7.29. The summed E-state index contributed by atoms with van der Waals surface area (Å²) >= 11 is 7.50. The van der Waals surface area contributed by atoms with Crippen LogP contribution in [0.25, 0.3) is 0 Å². The van der Waals surface area contributed by atoms with Crippen LogP contribution in [-0.4, -0.2) is 50.1 Å². The van der Waals surface area contributed by atoms with Gasteiger partial charge in [0, 0.05) is 21.8 Å². The summed E-state index contributed by atoms with van der Waals surface area (Å²) in [6.07, 6.45) is 1.24. The second-order valence-corrected chi connectivity index (χ2v) is 8.30. The van der Waals surface area contributed by atoms with E-state index in [-0.39, 0.29) is 28.9 Å². The van der Waals surface area contributed by atoms with Gasteiger partial charge in [-0.05, 0) is 13.8 Å². The molecule has 122 valence electrons. The fourth-order valence-corrected chi connectivity index (χ4v) is 5.40. The highest BCUT2D eigenvalue weighted by Gasteiger charge is 2.62. The predicted molar refractivity (Wildman–Crippen MR) is 90.5 cm³/mol. The lowest BCUT2D eigenvalue weighted by molar-refractivity contribution is -0.150. The Morgan fingerprint density at radius 1 is 1.48 bits per heavy atom. The molecule has 1 aromatic rings. The van der Waals surface area contributed by atoms with Crippen molar-refractivity contribution in [3.05, 3.63) is 35.4 Å². The van der Waals surface area contributed by atoms with Crippen LogP contribution in [0.1, 0.15) is 29.8 Å². The zero-order chi connectivity index (χ0) is 16.8. The van der Waals surface area contributed by atoms with Crippen LogP contribution in [-0.2, 0) is 4.79 Å². The third-order valence-electron chi connectivity index (χ3n) is 4.39. The van der Waals surface area contributed by atoms with Crippen LogP contribution in [0.3, 0.4) is 0 Å². The normalized spacial score (nSPS) is 28.7. The largest absolute Gasteiger partial charge is 0.411 e. The molecule has 2 aliphatic heterocycles. The maximum atomic E-state index is 13.1. The second kappa shape index (κ2) is 5.83. The second-order valence-electron chi connectivity index (χ2n) is 6.22. The van der Waals surface area contributed by atoms with Gasteiger partial charge < -0.3 is 10.1 Å². The summed E-state index contributed by atoms with van der Waals surface area (Å²) in [6.45, 7) is 3.94. The van der Waals surface area contributed by atoms with Crippen molar-refractivity contribution < 1.29 is 14.8 Å². The number of rotatable bonds is 4. The molecule has 1 N–H and O–H groups in total. The number of halogens is 1. The van der Waals surface area contributed by atoms with Crippen molar-refractivity contribution in [2.45, 2.75) is 30.0 Å². The molecule has 2 heterocycles. The number of thioether (sulfide) groups is 1. The Balaban J connectivity index is 1.98. The van der Waals surface area contributed by atoms with E-state index in [1.165, 1.54) is 6.21 Å². The molecule has 7 heteroatoms. The van der Waals surface area contributed by atoms with Crippen LogP contribution in [0.5, 0.6) is 0 Å². The highest BCUT2D eigenvalue weighted by atomic mass is 35.5. The molecule has 0 aliphatic carbocycles. The summed E-state index contributed by atoms with van der Waals surface area (Å²) < 4.78 is -0.401. The van der Waals surface area contributed by atoms with Crippen molar-refractivity contribution >= 4 is 41.3 Å². The fourth-order valence-electron chi connectivity index (χ4n) is 3.30. The van der Waals surface area contributed by atoms with Gasteiger partial charge in [0.25, 0.3) is 0 Å². The molecular weight excluding hydrogens is 336 g/mol. The predicted octanol–water partition coefficient (Wildman–Crippen LogP) is 2.59. The van der Waals surface area contributed by atoms with Crippen molar-refractivity contribution in [1.82, 2.24) is 4.90 Å². The molecule has 0 aromatic heterocycles. The van der Waals surface area contributed by atoms with E-state index >= 15 is 0 Å². The lowest BCUT2D eigenvalue weighted by Gasteiger charge is -2.43. The minimum Gasteiger partial charge on any atom is -0.411 e. The average Bonchev–Trinajstić information content (AvgIpc) is 2.76. The highest BCUT2D eigenvalue weighted by Crippen LogP contribution is 2.54. The van der Waals surface area contributed by atoms with Gasteiger partial charge in [-0.3, -0.25) is 9.59 Å². The molecule has 3 atom stereocenters. The molecule has 0 spiro atoms. The quantitative estimate of drug-likeness (QED) is 0.226. The zero-order valence-corrected chi connectivity index (χ0v) is 14.3. The number of hydrogen-bond donors (Lipinski definition) is 1. The van der Waals surface area contributed by atoms with Crippen molar-refractivity contribution in [2.75, 3.05) is 5.88 Å². The van der Waals surface area contributed by atoms with E-state index in [4.69, 9.17) is 16.8 Å². The van der Waals surface area contributed by atoms with Gasteiger partial charge in [-0.2, -0.15) is 0 Å². The summed E-state index contributed by atoms with van der Waals surface area (Å²) in [5, 5.41) is 11.8. The summed E-state index contributed by atoms with van der Waals surface area (Å²) in [4.78, 5) is 27.1. The Labute approximate surface area is 143 Å². The fraction of sp³-hybridized carbons (Fsp3) is 0.438. The standard InChI is InChI=1S/C16H17ClN2O3S/c1-16(2)13(19-14(21)11(7-17)15(19)23-16)12(20)10-6-4-3-5-9(10)8-18-22/h3-6,8,11,13,15,22H,7H2,1-2H3/t11-,13+,15-/m1/s1. The Hall–Kier alpha value is -1.53. The van der Waals surface area contributed by atoms with Crippen molar-refractivity contribution in [3.63, 3.8) is 0 Å². The van der Waals surface area contributed by atoms with Crippen molar-refractivity contribution in [1.29, 1.82) is 0 Å². The number of ketones is 1. The number of hydrogen-bond acceptors (Lipinski definition) is 5. The number of carbonyl (C=O) groups is 2. The van der Waals surface area contributed by atoms with Gasteiger partial charge in [-0.15, -0.1) is 23.4 Å². The Kier molecular flexibility index (Phi) is 4.14. The molecule has 5 nitrogen and oxygen atoms in total. The molecule has 3 rings (SSSR count). The molecule has 1 aromatic carbocycles. The summed E-state index contributed by atoms with van der Waals surface area (Å²) in [6, 6.07) is 6.38. The van der Waals surface area contributed by atoms with Crippen molar-refractivity contribution in [2.24, 2.45) is 11.1 Å². The van der Waals surface area contributed by atoms with Gasteiger partial charge in [0.2, 0.25) is 5.91 Å². The van der Waals surface area contributed by atoms with E-state index in [9.17, 15) is 9.59 Å². The van der Waals surface area contributed by atoms with E-state index in [1.807, 2.05) is 13.8 Å². The molecule has 2 fully saturated rings. The van der Waals surface area contributed by atoms with Gasteiger partial charge in [0.05, 0.1) is 17.5 Å². The number of amides is 1. The SMILES string of the molecule is CC1(C)S[C@@H]2[C@H](CCl)C(=O)N2[C@H]1C(=O)c1ccccc1C=NO. The maximum Gasteiger partial charge on any atom is 0.231 e. The molecule has 0 radical (unpaired) electrons. The first-order chi connectivity index (χ1) is 10.9. The number of Topliss-reactive ketones (excluding diaryl/α,β-unsaturated/α-hetero) is 1. The molecule has 2 saturated heterocycles. The molecular formula is C16H17ClN2O3S. The summed E-state index contributed by atoms with van der Waals surface area (Å²) in [5.41, 5.74) is 0.984. The van der Waals surface area contributed by atoms with E-state index in [0.717, 1.165) is 0 Å². The van der Waals surface area contributed by atoms with Gasteiger partial charge in [0.15, 0.2) is 5.78 Å². The molecule has 1 amide bonds. The minimum atomic E-state index is -0.544. The van der Waals surface area contributed by atoms with Gasteiger partial charge in [0.1, 0.15) is 6.04 Å². The van der Waals surface area contributed by atoms with E-state index < -0.39 is 10.8 Å². The maximum absolute atomic E-state index is 13.1. The number of β-lactam (4-membered cyclic amide) rings is 1. The number of carbonyl (C=O) groups excluding carboxylic acids is 2. The van der Waals surface area contributed by atoms with Gasteiger partial charge in [-0.25, -0.2) is 0 Å². The molecule has 2 aliphatic rings. The summed E-state index contributed by atoms with van der Waals surface area (Å²) in [7, 11) is 0. The highest BCUT2D eigenvalue weighted by molar-refractivity contribution is 8.01. The Morgan fingerprint density at radius 2 is 2.17 bits per heavy atom. The first kappa shape index (κ1) is 16.3. The van der Waals surface area contributed by atoms with E-state index in [2.05, 4.69) is 5.16 Å². The molecule has 0 bridgehead atoms. The smallest absolute Gasteiger partial charge is 0.231 e. The Morgan fingerprint density at radius 3 is 2.83 bits per heavy atom. The van der Waals surface area contributed by atoms with Crippen LogP contribution in [0.4, 0.5) is 0 Å². The molecule has 0 unspecified atom stereocenters. The average molecular weight is 353 g/mol. The van der Waals surface area contributed by atoms with Crippen LogP contribution in [0.15, 0.2) is 29.4 Å². The van der Waals surface area contributed by atoms with Crippen LogP contribution < -0.4 is 0 Å². The van der Waals surface area contributed by atoms with Gasteiger partial charge in [-0.1, -0.05) is 29.4 Å². The number of fused-ring (bicyclic) bond motifs is 1. The van der Waals surface area contributed by atoms with Crippen LogP contribution >= 0.6 is 23.4 Å². The minimum absolute atomic E-state index is 0.0392. The number of nitrogens with zero attached hydrogens (tertiary/aromatic N) is 2.